The first-order valence-corrected chi connectivity index (χ1v) is 7.00. The van der Waals surface area contributed by atoms with Gasteiger partial charge in [0.15, 0.2) is 0 Å². The molecule has 19 heavy (non-hydrogen) atoms. The Hall–Kier alpha value is -1.61. The molecule has 2 unspecified atom stereocenters. The molecule has 2 atom stereocenters. The lowest BCUT2D eigenvalue weighted by Gasteiger charge is -2.36. The summed E-state index contributed by atoms with van der Waals surface area (Å²) in [5, 5.41) is 15.5. The minimum absolute atomic E-state index is 0.512. The van der Waals surface area contributed by atoms with E-state index in [9.17, 15) is 5.11 Å². The summed E-state index contributed by atoms with van der Waals surface area (Å²) in [7, 11) is 0. The van der Waals surface area contributed by atoms with Crippen molar-refractivity contribution < 1.29 is 5.11 Å². The zero-order valence-electron chi connectivity index (χ0n) is 11.5. The second kappa shape index (κ2) is 4.49. The van der Waals surface area contributed by atoms with E-state index in [1.54, 1.807) is 6.20 Å². The molecule has 0 saturated carbocycles. The molecule has 0 fully saturated rings. The van der Waals surface area contributed by atoms with E-state index in [-0.39, 0.29) is 0 Å². The van der Waals surface area contributed by atoms with Gasteiger partial charge in [-0.25, -0.2) is 0 Å². The molecular formula is C16H20N2O. The predicted molar refractivity (Wildman–Crippen MR) is 75.0 cm³/mol. The smallest absolute Gasteiger partial charge is 0.118 e. The van der Waals surface area contributed by atoms with E-state index >= 15 is 0 Å². The van der Waals surface area contributed by atoms with E-state index < -0.39 is 5.60 Å². The Morgan fingerprint density at radius 2 is 2.21 bits per heavy atom. The molecule has 0 saturated heterocycles. The van der Waals surface area contributed by atoms with Crippen LogP contribution in [0.3, 0.4) is 0 Å². The third-order valence-corrected chi connectivity index (χ3v) is 4.31. The molecule has 1 aliphatic rings. The van der Waals surface area contributed by atoms with Crippen LogP contribution in [0.25, 0.3) is 0 Å². The van der Waals surface area contributed by atoms with Crippen molar-refractivity contribution in [2.75, 3.05) is 0 Å². The first-order chi connectivity index (χ1) is 9.15. The number of benzene rings is 1. The van der Waals surface area contributed by atoms with Crippen LogP contribution in [0.15, 0.2) is 36.7 Å². The van der Waals surface area contributed by atoms with Crippen LogP contribution >= 0.6 is 0 Å². The van der Waals surface area contributed by atoms with Crippen molar-refractivity contribution in [2.45, 2.75) is 44.8 Å². The SMILES string of the molecule is CCn1cc(C2(O)CCC(C)c3ccccc32)cn1. The molecule has 3 heteroatoms. The Labute approximate surface area is 113 Å². The van der Waals surface area contributed by atoms with Crippen LogP contribution in [0.4, 0.5) is 0 Å². The fourth-order valence-corrected chi connectivity index (χ4v) is 3.07. The van der Waals surface area contributed by atoms with E-state index in [0.29, 0.717) is 5.92 Å². The lowest BCUT2D eigenvalue weighted by Crippen LogP contribution is -2.32. The number of rotatable bonds is 2. The molecule has 1 aromatic heterocycles. The van der Waals surface area contributed by atoms with Gasteiger partial charge >= 0.3 is 0 Å². The monoisotopic (exact) mass is 256 g/mol. The molecule has 0 amide bonds. The standard InChI is InChI=1S/C16H20N2O/c1-3-18-11-13(10-17-18)16(19)9-8-12(2)14-6-4-5-7-15(14)16/h4-7,10-12,19H,3,8-9H2,1-2H3. The second-order valence-electron chi connectivity index (χ2n) is 5.47. The molecule has 0 radical (unpaired) electrons. The summed E-state index contributed by atoms with van der Waals surface area (Å²) in [5.74, 6) is 0.512. The number of fused-ring (bicyclic) bond motifs is 1. The van der Waals surface area contributed by atoms with E-state index in [1.165, 1.54) is 5.56 Å². The molecule has 2 aromatic rings. The maximum Gasteiger partial charge on any atom is 0.118 e. The van der Waals surface area contributed by atoms with Crippen molar-refractivity contribution in [1.82, 2.24) is 9.78 Å². The maximum absolute atomic E-state index is 11.2. The van der Waals surface area contributed by atoms with Crippen LogP contribution in [0.2, 0.25) is 0 Å². The number of nitrogens with zero attached hydrogens (tertiary/aromatic N) is 2. The van der Waals surface area contributed by atoms with Crippen molar-refractivity contribution in [3.05, 3.63) is 53.3 Å². The van der Waals surface area contributed by atoms with E-state index in [1.807, 2.05) is 23.0 Å². The minimum atomic E-state index is -0.878. The largest absolute Gasteiger partial charge is 0.380 e. The molecule has 100 valence electrons. The van der Waals surface area contributed by atoms with E-state index in [0.717, 1.165) is 30.5 Å². The number of aryl methyl sites for hydroxylation is 1. The predicted octanol–water partition coefficient (Wildman–Crippen LogP) is 3.04. The summed E-state index contributed by atoms with van der Waals surface area (Å²) in [6.45, 7) is 5.11. The third-order valence-electron chi connectivity index (χ3n) is 4.31. The number of aromatic nitrogens is 2. The topological polar surface area (TPSA) is 38.0 Å². The summed E-state index contributed by atoms with van der Waals surface area (Å²) in [6, 6.07) is 8.24. The van der Waals surface area contributed by atoms with Crippen molar-refractivity contribution >= 4 is 0 Å². The highest BCUT2D eigenvalue weighted by Gasteiger charge is 2.39. The van der Waals surface area contributed by atoms with Crippen molar-refractivity contribution in [1.29, 1.82) is 0 Å². The van der Waals surface area contributed by atoms with Gasteiger partial charge in [-0.3, -0.25) is 4.68 Å². The van der Waals surface area contributed by atoms with Gasteiger partial charge in [0, 0.05) is 18.3 Å². The Kier molecular flexibility index (Phi) is 2.94. The van der Waals surface area contributed by atoms with Gasteiger partial charge < -0.3 is 5.11 Å². The maximum atomic E-state index is 11.2. The van der Waals surface area contributed by atoms with Crippen molar-refractivity contribution in [3.63, 3.8) is 0 Å². The number of hydrogen-bond acceptors (Lipinski definition) is 2. The Balaban J connectivity index is 2.12. The van der Waals surface area contributed by atoms with Crippen LogP contribution in [0, 0.1) is 0 Å². The fourth-order valence-electron chi connectivity index (χ4n) is 3.07. The molecule has 1 aliphatic carbocycles. The molecule has 3 rings (SSSR count). The first kappa shape index (κ1) is 12.4. The van der Waals surface area contributed by atoms with Crippen LogP contribution < -0.4 is 0 Å². The summed E-state index contributed by atoms with van der Waals surface area (Å²) in [4.78, 5) is 0. The number of aliphatic hydroxyl groups is 1. The van der Waals surface area contributed by atoms with Crippen molar-refractivity contribution in [2.24, 2.45) is 0 Å². The van der Waals surface area contributed by atoms with Crippen LogP contribution in [-0.2, 0) is 12.1 Å². The normalized spacial score (nSPS) is 26.2. The van der Waals surface area contributed by atoms with Crippen LogP contribution in [0.5, 0.6) is 0 Å². The Morgan fingerprint density at radius 1 is 1.42 bits per heavy atom. The zero-order valence-corrected chi connectivity index (χ0v) is 11.5. The van der Waals surface area contributed by atoms with E-state index in [2.05, 4.69) is 31.1 Å². The summed E-state index contributed by atoms with van der Waals surface area (Å²) in [6.07, 6.45) is 5.54. The molecule has 0 aliphatic heterocycles. The first-order valence-electron chi connectivity index (χ1n) is 7.00. The number of hydrogen-bond donors (Lipinski definition) is 1. The van der Waals surface area contributed by atoms with Gasteiger partial charge in [0.1, 0.15) is 5.60 Å². The molecule has 3 nitrogen and oxygen atoms in total. The van der Waals surface area contributed by atoms with E-state index in [4.69, 9.17) is 0 Å². The molecule has 1 N–H and O–H groups in total. The second-order valence-corrected chi connectivity index (χ2v) is 5.47. The third kappa shape index (κ3) is 1.89. The summed E-state index contributed by atoms with van der Waals surface area (Å²) >= 11 is 0. The van der Waals surface area contributed by atoms with Gasteiger partial charge in [-0.05, 0) is 36.8 Å². The summed E-state index contributed by atoms with van der Waals surface area (Å²) < 4.78 is 1.87. The fraction of sp³-hybridized carbons (Fsp3) is 0.438. The Bertz CT molecular complexity index is 590. The molecule has 0 spiro atoms. The lowest BCUT2D eigenvalue weighted by molar-refractivity contribution is 0.0578. The molecule has 1 aromatic carbocycles. The molecule has 1 heterocycles. The van der Waals surface area contributed by atoms with Crippen LogP contribution in [-0.4, -0.2) is 14.9 Å². The van der Waals surface area contributed by atoms with Gasteiger partial charge in [-0.1, -0.05) is 31.2 Å². The van der Waals surface area contributed by atoms with Gasteiger partial charge in [-0.2, -0.15) is 5.10 Å². The Morgan fingerprint density at radius 3 is 2.95 bits per heavy atom. The van der Waals surface area contributed by atoms with Crippen LogP contribution in [0.1, 0.15) is 49.3 Å². The quantitative estimate of drug-likeness (QED) is 0.897. The highest BCUT2D eigenvalue weighted by molar-refractivity contribution is 5.43. The van der Waals surface area contributed by atoms with Gasteiger partial charge in [0.2, 0.25) is 0 Å². The minimum Gasteiger partial charge on any atom is -0.380 e. The van der Waals surface area contributed by atoms with Gasteiger partial charge in [0.05, 0.1) is 6.20 Å². The van der Waals surface area contributed by atoms with Crippen molar-refractivity contribution in [3.8, 4) is 0 Å². The van der Waals surface area contributed by atoms with Gasteiger partial charge in [-0.15, -0.1) is 0 Å². The lowest BCUT2D eigenvalue weighted by atomic mass is 9.72. The highest BCUT2D eigenvalue weighted by atomic mass is 16.3. The highest BCUT2D eigenvalue weighted by Crippen LogP contribution is 2.44. The zero-order chi connectivity index (χ0) is 13.5. The molecule has 0 bridgehead atoms. The average Bonchev–Trinajstić information content (AvgIpc) is 2.93. The summed E-state index contributed by atoms with van der Waals surface area (Å²) in [5.41, 5.74) is 2.34. The molecular weight excluding hydrogens is 236 g/mol. The van der Waals surface area contributed by atoms with Gasteiger partial charge in [0.25, 0.3) is 0 Å². The average molecular weight is 256 g/mol.